The molecule has 0 unspecified atom stereocenters. The Morgan fingerprint density at radius 3 is 2.59 bits per heavy atom. The first-order valence-electron chi connectivity index (χ1n) is 6.70. The van der Waals surface area contributed by atoms with Crippen molar-refractivity contribution < 1.29 is 4.79 Å². The molecule has 0 spiro atoms. The zero-order chi connectivity index (χ0) is 16.1. The van der Waals surface area contributed by atoms with Crippen molar-refractivity contribution in [2.24, 2.45) is 0 Å². The first-order valence-corrected chi connectivity index (χ1v) is 7.83. The Bertz CT molecular complexity index is 676. The smallest absolute Gasteiger partial charge is 0.238 e. The third-order valence-corrected chi connectivity index (χ3v) is 4.20. The predicted octanol–water partition coefficient (Wildman–Crippen LogP) is 4.94. The van der Waals surface area contributed by atoms with E-state index < -0.39 is 0 Å². The third-order valence-electron chi connectivity index (χ3n) is 3.14. The number of hydrogen-bond donors (Lipinski definition) is 2. The van der Waals surface area contributed by atoms with Crippen LogP contribution < -0.4 is 10.6 Å². The summed E-state index contributed by atoms with van der Waals surface area (Å²) in [6.45, 7) is 2.11. The maximum atomic E-state index is 12.0. The molecule has 2 aromatic carbocycles. The van der Waals surface area contributed by atoms with E-state index in [1.54, 1.807) is 18.2 Å². The molecule has 0 bridgehead atoms. The van der Waals surface area contributed by atoms with Crippen LogP contribution in [0.1, 0.15) is 18.5 Å². The number of carbonyl (C=O) groups excluding carboxylic acids is 1. The minimum Gasteiger partial charge on any atom is -0.324 e. The van der Waals surface area contributed by atoms with Gasteiger partial charge in [-0.25, -0.2) is 0 Å². The number of anilines is 1. The van der Waals surface area contributed by atoms with Crippen molar-refractivity contribution in [1.82, 2.24) is 5.32 Å². The Morgan fingerprint density at radius 2 is 1.86 bits per heavy atom. The molecule has 1 atom stereocenters. The van der Waals surface area contributed by atoms with Crippen LogP contribution in [0.25, 0.3) is 0 Å². The van der Waals surface area contributed by atoms with Gasteiger partial charge in [0.2, 0.25) is 5.91 Å². The Balaban J connectivity index is 1.91. The fourth-order valence-corrected chi connectivity index (χ4v) is 2.48. The second-order valence-electron chi connectivity index (χ2n) is 4.81. The van der Waals surface area contributed by atoms with Crippen molar-refractivity contribution in [3.63, 3.8) is 0 Å². The van der Waals surface area contributed by atoms with E-state index >= 15 is 0 Å². The quantitative estimate of drug-likeness (QED) is 0.796. The van der Waals surface area contributed by atoms with Crippen LogP contribution >= 0.6 is 34.8 Å². The SMILES string of the molecule is C[C@@H](NCC(=O)Nc1cccc(Cl)c1Cl)c1cccc(Cl)c1. The minimum absolute atomic E-state index is 0.000664. The van der Waals surface area contributed by atoms with E-state index in [0.717, 1.165) is 5.56 Å². The molecule has 0 aliphatic heterocycles. The van der Waals surface area contributed by atoms with E-state index in [9.17, 15) is 4.79 Å². The summed E-state index contributed by atoms with van der Waals surface area (Å²) in [7, 11) is 0. The Labute approximate surface area is 144 Å². The van der Waals surface area contributed by atoms with Crippen LogP contribution in [-0.4, -0.2) is 12.5 Å². The van der Waals surface area contributed by atoms with E-state index in [1.165, 1.54) is 0 Å². The van der Waals surface area contributed by atoms with Gasteiger partial charge in [-0.2, -0.15) is 0 Å². The molecule has 2 N–H and O–H groups in total. The van der Waals surface area contributed by atoms with Gasteiger partial charge in [0.15, 0.2) is 0 Å². The van der Waals surface area contributed by atoms with Crippen LogP contribution in [0.4, 0.5) is 5.69 Å². The zero-order valence-corrected chi connectivity index (χ0v) is 14.1. The highest BCUT2D eigenvalue weighted by atomic mass is 35.5. The molecule has 6 heteroatoms. The van der Waals surface area contributed by atoms with Crippen LogP contribution in [0.5, 0.6) is 0 Å². The van der Waals surface area contributed by atoms with E-state index in [-0.39, 0.29) is 18.5 Å². The number of carbonyl (C=O) groups is 1. The van der Waals surface area contributed by atoms with Gasteiger partial charge in [-0.1, -0.05) is 53.0 Å². The summed E-state index contributed by atoms with van der Waals surface area (Å²) < 4.78 is 0. The van der Waals surface area contributed by atoms with Crippen molar-refractivity contribution in [2.75, 3.05) is 11.9 Å². The first kappa shape index (κ1) is 17.1. The van der Waals surface area contributed by atoms with E-state index in [2.05, 4.69) is 10.6 Å². The average Bonchev–Trinajstić information content (AvgIpc) is 2.49. The van der Waals surface area contributed by atoms with Crippen molar-refractivity contribution in [3.05, 3.63) is 63.1 Å². The number of nitrogens with one attached hydrogen (secondary N) is 2. The minimum atomic E-state index is -0.196. The van der Waals surface area contributed by atoms with Crippen LogP contribution in [0, 0.1) is 0 Å². The summed E-state index contributed by atoms with van der Waals surface area (Å²) in [6.07, 6.45) is 0. The summed E-state index contributed by atoms with van der Waals surface area (Å²) in [4.78, 5) is 12.0. The summed E-state index contributed by atoms with van der Waals surface area (Å²) in [6, 6.07) is 12.6. The van der Waals surface area contributed by atoms with Gasteiger partial charge in [0.25, 0.3) is 0 Å². The molecule has 2 rings (SSSR count). The highest BCUT2D eigenvalue weighted by Gasteiger charge is 2.10. The molecule has 0 radical (unpaired) electrons. The normalized spacial score (nSPS) is 12.0. The molecular weight excluding hydrogens is 343 g/mol. The molecule has 0 aliphatic carbocycles. The maximum Gasteiger partial charge on any atom is 0.238 e. The third kappa shape index (κ3) is 4.62. The molecule has 1 amide bonds. The molecule has 0 saturated heterocycles. The zero-order valence-electron chi connectivity index (χ0n) is 11.9. The van der Waals surface area contributed by atoms with Crippen LogP contribution in [0.15, 0.2) is 42.5 Å². The number of amides is 1. The summed E-state index contributed by atoms with van der Waals surface area (Å²) in [5.74, 6) is -0.196. The number of halogens is 3. The number of rotatable bonds is 5. The summed E-state index contributed by atoms with van der Waals surface area (Å²) >= 11 is 17.9. The Hall–Kier alpha value is -1.26. The lowest BCUT2D eigenvalue weighted by Gasteiger charge is -2.15. The van der Waals surface area contributed by atoms with Gasteiger partial charge >= 0.3 is 0 Å². The van der Waals surface area contributed by atoms with Crippen molar-refractivity contribution in [1.29, 1.82) is 0 Å². The Morgan fingerprint density at radius 1 is 1.14 bits per heavy atom. The maximum absolute atomic E-state index is 12.0. The number of benzene rings is 2. The van der Waals surface area contributed by atoms with Crippen LogP contribution in [-0.2, 0) is 4.79 Å². The van der Waals surface area contributed by atoms with Gasteiger partial charge < -0.3 is 10.6 Å². The lowest BCUT2D eigenvalue weighted by molar-refractivity contribution is -0.115. The van der Waals surface area contributed by atoms with Gasteiger partial charge in [-0.05, 0) is 36.8 Å². The lowest BCUT2D eigenvalue weighted by atomic mass is 10.1. The molecule has 0 heterocycles. The number of hydrogen-bond acceptors (Lipinski definition) is 2. The standard InChI is InChI=1S/C16H15Cl3N2O/c1-10(11-4-2-5-12(17)8-11)20-9-15(22)21-14-7-3-6-13(18)16(14)19/h2-8,10,20H,9H2,1H3,(H,21,22)/t10-/m1/s1. The van der Waals surface area contributed by atoms with E-state index in [4.69, 9.17) is 34.8 Å². The van der Waals surface area contributed by atoms with E-state index in [0.29, 0.717) is 20.8 Å². The largest absolute Gasteiger partial charge is 0.324 e. The fourth-order valence-electron chi connectivity index (χ4n) is 1.93. The monoisotopic (exact) mass is 356 g/mol. The van der Waals surface area contributed by atoms with Crippen LogP contribution in [0.3, 0.4) is 0 Å². The van der Waals surface area contributed by atoms with Gasteiger partial charge in [0.05, 0.1) is 22.3 Å². The highest BCUT2D eigenvalue weighted by molar-refractivity contribution is 6.44. The molecule has 0 fully saturated rings. The van der Waals surface area contributed by atoms with Crippen molar-refractivity contribution in [2.45, 2.75) is 13.0 Å². The van der Waals surface area contributed by atoms with Gasteiger partial charge in [-0.15, -0.1) is 0 Å². The average molecular weight is 358 g/mol. The first-order chi connectivity index (χ1) is 10.5. The second kappa shape index (κ2) is 7.84. The molecule has 22 heavy (non-hydrogen) atoms. The Kier molecular flexibility index (Phi) is 6.09. The predicted molar refractivity (Wildman–Crippen MR) is 93.0 cm³/mol. The topological polar surface area (TPSA) is 41.1 Å². The molecule has 2 aromatic rings. The lowest BCUT2D eigenvalue weighted by Crippen LogP contribution is -2.30. The van der Waals surface area contributed by atoms with E-state index in [1.807, 2.05) is 31.2 Å². The fraction of sp³-hybridized carbons (Fsp3) is 0.188. The highest BCUT2D eigenvalue weighted by Crippen LogP contribution is 2.29. The van der Waals surface area contributed by atoms with Gasteiger partial charge in [0.1, 0.15) is 0 Å². The molecular formula is C16H15Cl3N2O. The van der Waals surface area contributed by atoms with Crippen LogP contribution in [0.2, 0.25) is 15.1 Å². The second-order valence-corrected chi connectivity index (χ2v) is 6.03. The molecule has 0 aromatic heterocycles. The molecule has 3 nitrogen and oxygen atoms in total. The van der Waals surface area contributed by atoms with Gasteiger partial charge in [-0.3, -0.25) is 4.79 Å². The molecule has 0 saturated carbocycles. The summed E-state index contributed by atoms with van der Waals surface area (Å²) in [5.41, 5.74) is 1.51. The molecule has 116 valence electrons. The van der Waals surface area contributed by atoms with Gasteiger partial charge in [0, 0.05) is 11.1 Å². The van der Waals surface area contributed by atoms with Crippen molar-refractivity contribution in [3.8, 4) is 0 Å². The van der Waals surface area contributed by atoms with Crippen molar-refractivity contribution >= 4 is 46.4 Å². The summed E-state index contributed by atoms with van der Waals surface area (Å²) in [5, 5.41) is 7.26. The molecule has 0 aliphatic rings.